The number of aryl methyl sites for hydroxylation is 2. The van der Waals surface area contributed by atoms with Crippen LogP contribution in [0, 0.1) is 19.8 Å². The van der Waals surface area contributed by atoms with Gasteiger partial charge in [-0.05, 0) is 19.4 Å². The molecule has 5 heteroatoms. The maximum absolute atomic E-state index is 11.9. The molecule has 1 aromatic heterocycles. The van der Waals surface area contributed by atoms with Crippen molar-refractivity contribution in [3.63, 3.8) is 0 Å². The van der Waals surface area contributed by atoms with E-state index in [9.17, 15) is 4.79 Å². The van der Waals surface area contributed by atoms with E-state index in [4.69, 9.17) is 9.26 Å². The van der Waals surface area contributed by atoms with Gasteiger partial charge in [0.1, 0.15) is 5.76 Å². The quantitative estimate of drug-likeness (QED) is 0.831. The van der Waals surface area contributed by atoms with Crippen LogP contribution in [-0.4, -0.2) is 18.2 Å². The van der Waals surface area contributed by atoms with Crippen LogP contribution in [0.25, 0.3) is 0 Å². The molecule has 5 nitrogen and oxygen atoms in total. The van der Waals surface area contributed by atoms with Crippen molar-refractivity contribution in [2.24, 2.45) is 5.92 Å². The standard InChI is InChI=1S/C17H22N2O3/c1-11(17(20)21-4)16(14-8-6-5-7-9-14)18-10-15-12(2)19-22-13(15)3/h5-9,11,16,18H,10H2,1-4H3. The van der Waals surface area contributed by atoms with E-state index in [2.05, 4.69) is 10.5 Å². The number of hydrogen-bond acceptors (Lipinski definition) is 5. The molecule has 2 rings (SSSR count). The van der Waals surface area contributed by atoms with Crippen molar-refractivity contribution < 1.29 is 14.1 Å². The number of methoxy groups -OCH3 is 1. The minimum Gasteiger partial charge on any atom is -0.469 e. The SMILES string of the molecule is COC(=O)C(C)C(NCc1c(C)noc1C)c1ccccc1. The van der Waals surface area contributed by atoms with Crippen molar-refractivity contribution in [1.82, 2.24) is 10.5 Å². The molecule has 0 aliphatic carbocycles. The van der Waals surface area contributed by atoms with Gasteiger partial charge in [-0.1, -0.05) is 42.4 Å². The average molecular weight is 302 g/mol. The minimum absolute atomic E-state index is 0.137. The lowest BCUT2D eigenvalue weighted by Gasteiger charge is -2.24. The molecule has 0 radical (unpaired) electrons. The van der Waals surface area contributed by atoms with E-state index < -0.39 is 0 Å². The predicted molar refractivity (Wildman–Crippen MR) is 83.2 cm³/mol. The molecule has 0 spiro atoms. The largest absolute Gasteiger partial charge is 0.469 e. The number of nitrogens with zero attached hydrogens (tertiary/aromatic N) is 1. The van der Waals surface area contributed by atoms with Gasteiger partial charge in [-0.25, -0.2) is 0 Å². The molecule has 0 saturated carbocycles. The van der Waals surface area contributed by atoms with Crippen LogP contribution in [0.4, 0.5) is 0 Å². The Morgan fingerprint density at radius 2 is 2.00 bits per heavy atom. The van der Waals surface area contributed by atoms with Gasteiger partial charge in [-0.2, -0.15) is 0 Å². The van der Waals surface area contributed by atoms with E-state index in [1.807, 2.05) is 51.1 Å². The summed E-state index contributed by atoms with van der Waals surface area (Å²) in [5, 5.41) is 7.39. The average Bonchev–Trinajstić information content (AvgIpc) is 2.86. The molecule has 2 atom stereocenters. The lowest BCUT2D eigenvalue weighted by Crippen LogP contribution is -2.32. The number of hydrogen-bond donors (Lipinski definition) is 1. The molecule has 0 bridgehead atoms. The van der Waals surface area contributed by atoms with Crippen LogP contribution in [0.3, 0.4) is 0 Å². The van der Waals surface area contributed by atoms with Crippen molar-refractivity contribution in [3.8, 4) is 0 Å². The van der Waals surface area contributed by atoms with Crippen LogP contribution in [-0.2, 0) is 16.1 Å². The third-order valence-electron chi connectivity index (χ3n) is 3.91. The van der Waals surface area contributed by atoms with Crippen LogP contribution in [0.2, 0.25) is 0 Å². The van der Waals surface area contributed by atoms with E-state index in [-0.39, 0.29) is 17.9 Å². The highest BCUT2D eigenvalue weighted by Gasteiger charge is 2.26. The summed E-state index contributed by atoms with van der Waals surface area (Å²) >= 11 is 0. The normalized spacial score (nSPS) is 13.6. The van der Waals surface area contributed by atoms with Gasteiger partial charge in [0.25, 0.3) is 0 Å². The van der Waals surface area contributed by atoms with Crippen molar-refractivity contribution in [3.05, 3.63) is 52.9 Å². The Kier molecular flexibility index (Phi) is 5.33. The van der Waals surface area contributed by atoms with Gasteiger partial charge in [0.2, 0.25) is 0 Å². The molecular weight excluding hydrogens is 280 g/mol. The summed E-state index contributed by atoms with van der Waals surface area (Å²) in [7, 11) is 1.41. The van der Waals surface area contributed by atoms with Crippen LogP contribution in [0.5, 0.6) is 0 Å². The number of carbonyl (C=O) groups is 1. The minimum atomic E-state index is -0.298. The van der Waals surface area contributed by atoms with Crippen LogP contribution >= 0.6 is 0 Å². The van der Waals surface area contributed by atoms with E-state index >= 15 is 0 Å². The fourth-order valence-electron chi connectivity index (χ4n) is 2.53. The zero-order chi connectivity index (χ0) is 16.1. The van der Waals surface area contributed by atoms with Crippen LogP contribution in [0.1, 0.15) is 35.5 Å². The zero-order valence-electron chi connectivity index (χ0n) is 13.4. The summed E-state index contributed by atoms with van der Waals surface area (Å²) in [6, 6.07) is 9.75. The van der Waals surface area contributed by atoms with Gasteiger partial charge in [-0.3, -0.25) is 4.79 Å². The monoisotopic (exact) mass is 302 g/mol. The maximum Gasteiger partial charge on any atom is 0.310 e. The Morgan fingerprint density at radius 3 is 2.55 bits per heavy atom. The van der Waals surface area contributed by atoms with Crippen molar-refractivity contribution in [2.75, 3.05) is 7.11 Å². The highest BCUT2D eigenvalue weighted by atomic mass is 16.5. The molecule has 0 saturated heterocycles. The third-order valence-corrected chi connectivity index (χ3v) is 3.91. The van der Waals surface area contributed by atoms with Crippen LogP contribution < -0.4 is 5.32 Å². The molecule has 22 heavy (non-hydrogen) atoms. The summed E-state index contributed by atoms with van der Waals surface area (Å²) in [5.41, 5.74) is 2.94. The summed E-state index contributed by atoms with van der Waals surface area (Å²) in [6.45, 7) is 6.25. The molecule has 2 unspecified atom stereocenters. The van der Waals surface area contributed by atoms with Crippen molar-refractivity contribution in [2.45, 2.75) is 33.4 Å². The number of carbonyl (C=O) groups excluding carboxylic acids is 1. The lowest BCUT2D eigenvalue weighted by molar-refractivity contribution is -0.145. The molecule has 118 valence electrons. The van der Waals surface area contributed by atoms with E-state index in [0.717, 1.165) is 22.6 Å². The lowest BCUT2D eigenvalue weighted by atomic mass is 9.94. The van der Waals surface area contributed by atoms with Gasteiger partial charge < -0.3 is 14.6 Å². The van der Waals surface area contributed by atoms with Gasteiger partial charge in [0.15, 0.2) is 0 Å². The van der Waals surface area contributed by atoms with Crippen molar-refractivity contribution in [1.29, 1.82) is 0 Å². The summed E-state index contributed by atoms with van der Waals surface area (Å²) < 4.78 is 10.1. The number of benzene rings is 1. The summed E-state index contributed by atoms with van der Waals surface area (Å²) in [5.74, 6) is 0.260. The Hall–Kier alpha value is -2.14. The predicted octanol–water partition coefficient (Wildman–Crippen LogP) is 2.93. The molecule has 2 aromatic rings. The number of aromatic nitrogens is 1. The fourth-order valence-corrected chi connectivity index (χ4v) is 2.53. The first-order chi connectivity index (χ1) is 10.5. The first-order valence-electron chi connectivity index (χ1n) is 7.32. The second-order valence-electron chi connectivity index (χ2n) is 5.38. The molecule has 0 fully saturated rings. The highest BCUT2D eigenvalue weighted by Crippen LogP contribution is 2.24. The van der Waals surface area contributed by atoms with Crippen LogP contribution in [0.15, 0.2) is 34.9 Å². The van der Waals surface area contributed by atoms with Gasteiger partial charge >= 0.3 is 5.97 Å². The van der Waals surface area contributed by atoms with Crippen molar-refractivity contribution >= 4 is 5.97 Å². The molecule has 0 aliphatic rings. The molecule has 0 aliphatic heterocycles. The Bertz CT molecular complexity index is 603. The first kappa shape index (κ1) is 16.2. The third kappa shape index (κ3) is 3.54. The second kappa shape index (κ2) is 7.22. The second-order valence-corrected chi connectivity index (χ2v) is 5.38. The zero-order valence-corrected chi connectivity index (χ0v) is 13.4. The summed E-state index contributed by atoms with van der Waals surface area (Å²) in [4.78, 5) is 11.9. The maximum atomic E-state index is 11.9. The molecule has 1 N–H and O–H groups in total. The molecule has 1 heterocycles. The Morgan fingerprint density at radius 1 is 1.32 bits per heavy atom. The molecular formula is C17H22N2O3. The van der Waals surface area contributed by atoms with E-state index in [0.29, 0.717) is 6.54 Å². The molecule has 0 amide bonds. The van der Waals surface area contributed by atoms with Gasteiger partial charge in [-0.15, -0.1) is 0 Å². The number of esters is 1. The van der Waals surface area contributed by atoms with Gasteiger partial charge in [0.05, 0.1) is 18.7 Å². The fraction of sp³-hybridized carbons (Fsp3) is 0.412. The van der Waals surface area contributed by atoms with Gasteiger partial charge in [0, 0.05) is 18.2 Å². The topological polar surface area (TPSA) is 64.4 Å². The summed E-state index contributed by atoms with van der Waals surface area (Å²) in [6.07, 6.45) is 0. The highest BCUT2D eigenvalue weighted by molar-refractivity contribution is 5.73. The first-order valence-corrected chi connectivity index (χ1v) is 7.32. The van der Waals surface area contributed by atoms with E-state index in [1.165, 1.54) is 7.11 Å². The van der Waals surface area contributed by atoms with E-state index in [1.54, 1.807) is 0 Å². The number of nitrogens with one attached hydrogen (secondary N) is 1. The number of ether oxygens (including phenoxy) is 1. The Balaban J connectivity index is 2.20. The number of rotatable bonds is 6. The smallest absolute Gasteiger partial charge is 0.310 e. The molecule has 1 aromatic carbocycles. The Labute approximate surface area is 130 Å².